The molecule has 3 aromatic rings. The molecule has 1 amide bonds. The van der Waals surface area contributed by atoms with E-state index < -0.39 is 0 Å². The molecule has 6 heteroatoms. The van der Waals surface area contributed by atoms with Crippen LogP contribution in [-0.2, 0) is 6.54 Å². The molecule has 128 valence electrons. The maximum atomic E-state index is 12.8. The Hall–Kier alpha value is -2.37. The predicted octanol–water partition coefficient (Wildman–Crippen LogP) is 4.72. The standard InChI is InChI=1S/C19H18ClN3OS/c1-3-12-22(13-17-8-9-18(20)25-17)19(24)15-4-6-16(7-5-15)23-14(2)10-11-21-23/h3-11H,1,12-13H2,2H3. The third-order valence-electron chi connectivity index (χ3n) is 3.80. The van der Waals surface area contributed by atoms with E-state index in [1.54, 1.807) is 17.2 Å². The first-order valence-corrected chi connectivity index (χ1v) is 9.03. The summed E-state index contributed by atoms with van der Waals surface area (Å²) in [5, 5.41) is 4.28. The van der Waals surface area contributed by atoms with Crippen LogP contribution in [0.2, 0.25) is 4.34 Å². The molecule has 0 bridgehead atoms. The number of nitrogens with zero attached hydrogens (tertiary/aromatic N) is 3. The van der Waals surface area contributed by atoms with Gasteiger partial charge >= 0.3 is 0 Å². The van der Waals surface area contributed by atoms with Crippen LogP contribution in [0.1, 0.15) is 20.9 Å². The second-order valence-corrected chi connectivity index (χ2v) is 7.41. The van der Waals surface area contributed by atoms with Crippen LogP contribution in [0.15, 0.2) is 61.3 Å². The Kier molecular flexibility index (Phi) is 5.36. The fourth-order valence-electron chi connectivity index (χ4n) is 2.57. The lowest BCUT2D eigenvalue weighted by molar-refractivity contribution is 0.0764. The van der Waals surface area contributed by atoms with Crippen LogP contribution < -0.4 is 0 Å². The molecule has 0 aliphatic carbocycles. The average molecular weight is 372 g/mol. The van der Waals surface area contributed by atoms with Crippen molar-refractivity contribution in [1.29, 1.82) is 0 Å². The van der Waals surface area contributed by atoms with Gasteiger partial charge in [0.2, 0.25) is 0 Å². The lowest BCUT2D eigenvalue weighted by Crippen LogP contribution is -2.30. The van der Waals surface area contributed by atoms with Gasteiger partial charge in [-0.1, -0.05) is 17.7 Å². The molecule has 2 aromatic heterocycles. The van der Waals surface area contributed by atoms with E-state index in [0.717, 1.165) is 20.6 Å². The molecule has 0 aliphatic heterocycles. The van der Waals surface area contributed by atoms with E-state index >= 15 is 0 Å². The number of rotatable bonds is 6. The van der Waals surface area contributed by atoms with Gasteiger partial charge in [0.25, 0.3) is 5.91 Å². The third-order valence-corrected chi connectivity index (χ3v) is 5.02. The molecule has 0 saturated carbocycles. The van der Waals surface area contributed by atoms with Crippen molar-refractivity contribution in [2.75, 3.05) is 6.54 Å². The highest BCUT2D eigenvalue weighted by molar-refractivity contribution is 7.16. The minimum atomic E-state index is -0.0341. The van der Waals surface area contributed by atoms with Crippen molar-refractivity contribution in [3.8, 4) is 5.69 Å². The van der Waals surface area contributed by atoms with Gasteiger partial charge in [-0.15, -0.1) is 17.9 Å². The quantitative estimate of drug-likeness (QED) is 0.588. The zero-order valence-corrected chi connectivity index (χ0v) is 15.4. The maximum absolute atomic E-state index is 12.8. The Labute approximate surface area is 156 Å². The Balaban J connectivity index is 1.79. The Bertz CT molecular complexity index is 882. The van der Waals surface area contributed by atoms with Crippen LogP contribution in [0.25, 0.3) is 5.69 Å². The Morgan fingerprint density at radius 3 is 2.60 bits per heavy atom. The fraction of sp³-hybridized carbons (Fsp3) is 0.158. The molecule has 0 spiro atoms. The first kappa shape index (κ1) is 17.5. The molecular weight excluding hydrogens is 354 g/mol. The summed E-state index contributed by atoms with van der Waals surface area (Å²) < 4.78 is 2.56. The molecule has 0 radical (unpaired) electrons. The number of halogens is 1. The Morgan fingerprint density at radius 2 is 2.04 bits per heavy atom. The summed E-state index contributed by atoms with van der Waals surface area (Å²) in [7, 11) is 0. The van der Waals surface area contributed by atoms with E-state index in [1.807, 2.05) is 54.1 Å². The average Bonchev–Trinajstić information content (AvgIpc) is 3.22. The van der Waals surface area contributed by atoms with Crippen molar-refractivity contribution in [2.45, 2.75) is 13.5 Å². The van der Waals surface area contributed by atoms with Gasteiger partial charge in [-0.05, 0) is 49.4 Å². The van der Waals surface area contributed by atoms with Crippen LogP contribution in [-0.4, -0.2) is 27.1 Å². The number of carbonyl (C=O) groups excluding carboxylic acids is 1. The number of amides is 1. The van der Waals surface area contributed by atoms with Crippen molar-refractivity contribution in [2.24, 2.45) is 0 Å². The fourth-order valence-corrected chi connectivity index (χ4v) is 3.67. The number of thiophene rings is 1. The molecule has 1 aromatic carbocycles. The molecule has 0 fully saturated rings. The van der Waals surface area contributed by atoms with Gasteiger partial charge < -0.3 is 4.90 Å². The first-order valence-electron chi connectivity index (χ1n) is 7.84. The SMILES string of the molecule is C=CCN(Cc1ccc(Cl)s1)C(=O)c1ccc(-n2nccc2C)cc1. The summed E-state index contributed by atoms with van der Waals surface area (Å²) >= 11 is 7.47. The number of hydrogen-bond acceptors (Lipinski definition) is 3. The van der Waals surface area contributed by atoms with E-state index in [0.29, 0.717) is 18.7 Å². The van der Waals surface area contributed by atoms with Gasteiger partial charge in [-0.3, -0.25) is 4.79 Å². The van der Waals surface area contributed by atoms with Crippen LogP contribution >= 0.6 is 22.9 Å². The smallest absolute Gasteiger partial charge is 0.254 e. The highest BCUT2D eigenvalue weighted by Gasteiger charge is 2.16. The molecule has 25 heavy (non-hydrogen) atoms. The van der Waals surface area contributed by atoms with Gasteiger partial charge in [0, 0.05) is 28.9 Å². The molecule has 0 N–H and O–H groups in total. The molecule has 0 atom stereocenters. The van der Waals surface area contributed by atoms with Gasteiger partial charge in [-0.2, -0.15) is 5.10 Å². The monoisotopic (exact) mass is 371 g/mol. The molecule has 0 saturated heterocycles. The number of hydrogen-bond donors (Lipinski definition) is 0. The highest BCUT2D eigenvalue weighted by atomic mass is 35.5. The van der Waals surface area contributed by atoms with Crippen molar-refractivity contribution in [1.82, 2.24) is 14.7 Å². The minimum absolute atomic E-state index is 0.0341. The van der Waals surface area contributed by atoms with Crippen molar-refractivity contribution < 1.29 is 4.79 Å². The largest absolute Gasteiger partial charge is 0.330 e. The second-order valence-electron chi connectivity index (χ2n) is 5.61. The van der Waals surface area contributed by atoms with Crippen molar-refractivity contribution in [3.05, 3.63) is 81.8 Å². The summed E-state index contributed by atoms with van der Waals surface area (Å²) in [4.78, 5) is 15.6. The van der Waals surface area contributed by atoms with Crippen LogP contribution in [0.3, 0.4) is 0 Å². The van der Waals surface area contributed by atoms with Gasteiger partial charge in [0.1, 0.15) is 0 Å². The molecule has 4 nitrogen and oxygen atoms in total. The van der Waals surface area contributed by atoms with E-state index in [4.69, 9.17) is 11.6 Å². The van der Waals surface area contributed by atoms with E-state index in [9.17, 15) is 4.79 Å². The summed E-state index contributed by atoms with van der Waals surface area (Å²) in [5.74, 6) is -0.0341. The van der Waals surface area contributed by atoms with E-state index in [1.165, 1.54) is 11.3 Å². The van der Waals surface area contributed by atoms with Gasteiger partial charge in [-0.25, -0.2) is 4.68 Å². The number of aromatic nitrogens is 2. The number of carbonyl (C=O) groups is 1. The number of aryl methyl sites for hydroxylation is 1. The second kappa shape index (κ2) is 7.68. The van der Waals surface area contributed by atoms with Crippen molar-refractivity contribution >= 4 is 28.8 Å². The zero-order chi connectivity index (χ0) is 17.8. The maximum Gasteiger partial charge on any atom is 0.254 e. The lowest BCUT2D eigenvalue weighted by Gasteiger charge is -2.20. The Morgan fingerprint density at radius 1 is 1.28 bits per heavy atom. The molecule has 2 heterocycles. The van der Waals surface area contributed by atoms with E-state index in [-0.39, 0.29) is 5.91 Å². The van der Waals surface area contributed by atoms with Gasteiger partial charge in [0.05, 0.1) is 16.6 Å². The molecule has 3 rings (SSSR count). The first-order chi connectivity index (χ1) is 12.1. The van der Waals surface area contributed by atoms with Crippen LogP contribution in [0.4, 0.5) is 0 Å². The van der Waals surface area contributed by atoms with Crippen molar-refractivity contribution in [3.63, 3.8) is 0 Å². The third kappa shape index (κ3) is 4.00. The van der Waals surface area contributed by atoms with Crippen LogP contribution in [0.5, 0.6) is 0 Å². The summed E-state index contributed by atoms with van der Waals surface area (Å²) in [6, 6.07) is 13.2. The van der Waals surface area contributed by atoms with Gasteiger partial charge in [0.15, 0.2) is 0 Å². The highest BCUT2D eigenvalue weighted by Crippen LogP contribution is 2.23. The summed E-state index contributed by atoms with van der Waals surface area (Å²) in [6.45, 7) is 6.74. The minimum Gasteiger partial charge on any atom is -0.330 e. The van der Waals surface area contributed by atoms with Crippen LogP contribution in [0, 0.1) is 6.92 Å². The van der Waals surface area contributed by atoms with E-state index in [2.05, 4.69) is 11.7 Å². The molecular formula is C19H18ClN3OS. The number of benzene rings is 1. The normalized spacial score (nSPS) is 10.6. The summed E-state index contributed by atoms with van der Waals surface area (Å²) in [5.41, 5.74) is 2.61. The topological polar surface area (TPSA) is 38.1 Å². The zero-order valence-electron chi connectivity index (χ0n) is 13.9. The summed E-state index contributed by atoms with van der Waals surface area (Å²) in [6.07, 6.45) is 3.49. The lowest BCUT2D eigenvalue weighted by atomic mass is 10.1. The molecule has 0 aliphatic rings. The predicted molar refractivity (Wildman–Crippen MR) is 103 cm³/mol. The molecule has 0 unspecified atom stereocenters.